The third-order valence-electron chi connectivity index (χ3n) is 3.92. The first-order chi connectivity index (χ1) is 13.8. The molecule has 2 aromatic heterocycles. The lowest BCUT2D eigenvalue weighted by Gasteiger charge is -2.00. The normalized spacial score (nSPS) is 11.2. The largest absolute Gasteiger partial charge is 0.332 e. The second-order valence-electron chi connectivity index (χ2n) is 5.88. The smallest absolute Gasteiger partial charge is 0.327 e. The molecule has 1 aromatic carbocycles. The van der Waals surface area contributed by atoms with E-state index < -0.39 is 22.1 Å². The van der Waals surface area contributed by atoms with Crippen molar-refractivity contribution in [3.05, 3.63) is 60.8 Å². The number of benzene rings is 1. The van der Waals surface area contributed by atoms with Crippen molar-refractivity contribution in [3.63, 3.8) is 0 Å². The fourth-order valence-corrected chi connectivity index (χ4v) is 3.06. The third kappa shape index (κ3) is 4.24. The number of H-pyrrole nitrogens is 1. The summed E-state index contributed by atoms with van der Waals surface area (Å²) in [6, 6.07) is 5.67. The van der Waals surface area contributed by atoms with E-state index in [1.165, 1.54) is 49.1 Å². The van der Waals surface area contributed by atoms with Crippen LogP contribution < -0.4 is 16.7 Å². The molecule has 0 radical (unpaired) electrons. The van der Waals surface area contributed by atoms with Crippen LogP contribution >= 0.6 is 11.8 Å². The second kappa shape index (κ2) is 8.10. The van der Waals surface area contributed by atoms with Gasteiger partial charge < -0.3 is 4.98 Å². The molecule has 1 amide bonds. The number of carbonyl (C=O) groups is 1. The first kappa shape index (κ1) is 20.0. The highest BCUT2D eigenvalue weighted by Crippen LogP contribution is 2.16. The van der Waals surface area contributed by atoms with Gasteiger partial charge in [-0.25, -0.2) is 15.2 Å². The molecule has 0 unspecified atom stereocenters. The van der Waals surface area contributed by atoms with E-state index in [0.29, 0.717) is 10.7 Å². The molecule has 0 aliphatic carbocycles. The van der Waals surface area contributed by atoms with Crippen molar-refractivity contribution in [3.8, 4) is 0 Å². The van der Waals surface area contributed by atoms with Crippen LogP contribution in [0.1, 0.15) is 5.56 Å². The van der Waals surface area contributed by atoms with E-state index in [4.69, 9.17) is 0 Å². The molecule has 3 aromatic rings. The number of aromatic amines is 1. The van der Waals surface area contributed by atoms with Gasteiger partial charge in [0.05, 0.1) is 16.9 Å². The minimum atomic E-state index is -0.508. The number of fused-ring (bicyclic) bond motifs is 1. The van der Waals surface area contributed by atoms with Crippen molar-refractivity contribution in [2.24, 2.45) is 19.2 Å². The average Bonchev–Trinajstić information content (AvgIpc) is 3.14. The van der Waals surface area contributed by atoms with Gasteiger partial charge in [0.1, 0.15) is 0 Å². The van der Waals surface area contributed by atoms with Gasteiger partial charge in [0, 0.05) is 26.2 Å². The van der Waals surface area contributed by atoms with Crippen LogP contribution in [-0.4, -0.2) is 41.9 Å². The predicted molar refractivity (Wildman–Crippen MR) is 106 cm³/mol. The molecule has 0 aliphatic heterocycles. The summed E-state index contributed by atoms with van der Waals surface area (Å²) < 4.78 is 2.21. The molecule has 3 rings (SSSR count). The van der Waals surface area contributed by atoms with E-state index in [1.807, 2.05) is 0 Å². The number of hydrogen-bond acceptors (Lipinski definition) is 8. The van der Waals surface area contributed by atoms with Gasteiger partial charge in [0.25, 0.3) is 17.2 Å². The van der Waals surface area contributed by atoms with Gasteiger partial charge in [-0.3, -0.25) is 28.8 Å². The number of nitrogens with one attached hydrogen (secondary N) is 2. The summed E-state index contributed by atoms with van der Waals surface area (Å²) in [7, 11) is 2.87. The van der Waals surface area contributed by atoms with Crippen LogP contribution in [0.5, 0.6) is 0 Å². The molecule has 0 aliphatic rings. The average molecular weight is 417 g/mol. The lowest BCUT2D eigenvalue weighted by Crippen LogP contribution is -2.36. The summed E-state index contributed by atoms with van der Waals surface area (Å²) in [6.45, 7) is 0. The standard InChI is InChI=1S/C16H15N7O5S/c1-21-13-12(14(25)22(2)16(21)26)18-15(19-13)29-8-11(24)20-17-7-9-3-5-10(6-4-9)23(27)28/h3-7H,8H2,1-2H3,(H,18,19)(H,20,24)/b17-7+. The number of nitro groups is 1. The molecule has 2 N–H and O–H groups in total. The number of hydrogen-bond donors (Lipinski definition) is 2. The number of thioether (sulfide) groups is 1. The number of amides is 1. The van der Waals surface area contributed by atoms with Crippen LogP contribution in [0.25, 0.3) is 11.2 Å². The zero-order valence-corrected chi connectivity index (χ0v) is 16.1. The van der Waals surface area contributed by atoms with Crippen LogP contribution in [0.3, 0.4) is 0 Å². The first-order valence-electron chi connectivity index (χ1n) is 8.13. The second-order valence-corrected chi connectivity index (χ2v) is 6.84. The van der Waals surface area contributed by atoms with Crippen molar-refractivity contribution in [1.29, 1.82) is 0 Å². The first-order valence-corrected chi connectivity index (χ1v) is 9.11. The lowest BCUT2D eigenvalue weighted by atomic mass is 10.2. The topological polar surface area (TPSA) is 157 Å². The number of carbonyl (C=O) groups excluding carboxylic acids is 1. The van der Waals surface area contributed by atoms with Crippen LogP contribution in [0, 0.1) is 10.1 Å². The Bertz CT molecular complexity index is 1240. The van der Waals surface area contributed by atoms with Gasteiger partial charge in [-0.1, -0.05) is 11.8 Å². The highest BCUT2D eigenvalue weighted by molar-refractivity contribution is 7.99. The Morgan fingerprint density at radius 2 is 2.00 bits per heavy atom. The molecule has 13 heteroatoms. The maximum absolute atomic E-state index is 12.1. The Morgan fingerprint density at radius 1 is 1.31 bits per heavy atom. The monoisotopic (exact) mass is 417 g/mol. The van der Waals surface area contributed by atoms with E-state index in [-0.39, 0.29) is 22.6 Å². The minimum Gasteiger partial charge on any atom is -0.327 e. The van der Waals surface area contributed by atoms with Crippen LogP contribution in [0.4, 0.5) is 5.69 Å². The van der Waals surface area contributed by atoms with Crippen molar-refractivity contribution in [1.82, 2.24) is 24.5 Å². The SMILES string of the molecule is Cn1c(=O)c2[nH]c(SCC(=O)N/N=C/c3ccc([N+](=O)[O-])cc3)nc2n(C)c1=O. The molecular weight excluding hydrogens is 402 g/mol. The maximum atomic E-state index is 12.1. The van der Waals surface area contributed by atoms with E-state index in [0.717, 1.165) is 16.3 Å². The Morgan fingerprint density at radius 3 is 2.66 bits per heavy atom. The lowest BCUT2D eigenvalue weighted by molar-refractivity contribution is -0.384. The summed E-state index contributed by atoms with van der Waals surface area (Å²) >= 11 is 1.04. The summed E-state index contributed by atoms with van der Waals surface area (Å²) in [5, 5.41) is 14.7. The Labute approximate surface area is 166 Å². The van der Waals surface area contributed by atoms with Gasteiger partial charge in [-0.2, -0.15) is 5.10 Å². The number of aryl methyl sites for hydroxylation is 1. The van der Waals surface area contributed by atoms with Crippen molar-refractivity contribution >= 4 is 40.7 Å². The van der Waals surface area contributed by atoms with Crippen LogP contribution in [-0.2, 0) is 18.9 Å². The fourth-order valence-electron chi connectivity index (χ4n) is 2.40. The number of imidazole rings is 1. The quantitative estimate of drug-likeness (QED) is 0.249. The van der Waals surface area contributed by atoms with Crippen molar-refractivity contribution in [2.75, 3.05) is 5.75 Å². The third-order valence-corrected chi connectivity index (χ3v) is 4.79. The Balaban J connectivity index is 1.61. The molecule has 12 nitrogen and oxygen atoms in total. The van der Waals surface area contributed by atoms with Gasteiger partial charge in [0.15, 0.2) is 16.3 Å². The molecule has 0 saturated heterocycles. The molecular formula is C16H15N7O5S. The molecule has 0 saturated carbocycles. The molecule has 0 fully saturated rings. The number of nitrogens with zero attached hydrogens (tertiary/aromatic N) is 5. The molecule has 0 atom stereocenters. The predicted octanol–water partition coefficient (Wildman–Crippen LogP) is 0.111. The number of non-ortho nitro benzene ring substituents is 1. The zero-order chi connectivity index (χ0) is 21.1. The van der Waals surface area contributed by atoms with E-state index >= 15 is 0 Å². The van der Waals surface area contributed by atoms with Gasteiger partial charge in [-0.15, -0.1) is 0 Å². The van der Waals surface area contributed by atoms with Gasteiger partial charge in [-0.05, 0) is 17.7 Å². The summed E-state index contributed by atoms with van der Waals surface area (Å²) in [6.07, 6.45) is 1.35. The fraction of sp³-hybridized carbons (Fsp3) is 0.188. The number of rotatable bonds is 6. The van der Waals surface area contributed by atoms with Crippen LogP contribution in [0.2, 0.25) is 0 Å². The molecule has 0 spiro atoms. The summed E-state index contributed by atoms with van der Waals surface area (Å²) in [5.41, 5.74) is 2.25. The number of nitro benzene ring substituents is 1. The minimum absolute atomic E-state index is 0.0360. The van der Waals surface area contributed by atoms with Crippen LogP contribution in [0.15, 0.2) is 44.1 Å². The number of hydrazone groups is 1. The zero-order valence-electron chi connectivity index (χ0n) is 15.3. The van der Waals surface area contributed by atoms with Gasteiger partial charge in [0.2, 0.25) is 0 Å². The molecule has 150 valence electrons. The summed E-state index contributed by atoms with van der Waals surface area (Å²) in [5.74, 6) is -0.457. The Hall–Kier alpha value is -3.74. The highest BCUT2D eigenvalue weighted by atomic mass is 32.2. The molecule has 29 heavy (non-hydrogen) atoms. The van der Waals surface area contributed by atoms with E-state index in [2.05, 4.69) is 20.5 Å². The summed E-state index contributed by atoms with van der Waals surface area (Å²) in [4.78, 5) is 53.0. The van der Waals surface area contributed by atoms with Crippen molar-refractivity contribution < 1.29 is 9.72 Å². The maximum Gasteiger partial charge on any atom is 0.332 e. The number of aromatic nitrogens is 4. The molecule has 0 bridgehead atoms. The molecule has 2 heterocycles. The Kier molecular flexibility index (Phi) is 5.59. The highest BCUT2D eigenvalue weighted by Gasteiger charge is 2.14. The van der Waals surface area contributed by atoms with Gasteiger partial charge >= 0.3 is 5.69 Å². The van der Waals surface area contributed by atoms with E-state index in [1.54, 1.807) is 0 Å². The van der Waals surface area contributed by atoms with E-state index in [9.17, 15) is 24.5 Å². The van der Waals surface area contributed by atoms with Crippen molar-refractivity contribution in [2.45, 2.75) is 5.16 Å².